The number of hydrogen-bond donors (Lipinski definition) is 2. The van der Waals surface area contributed by atoms with Crippen LogP contribution >= 0.6 is 0 Å². The molecule has 1 fully saturated rings. The van der Waals surface area contributed by atoms with E-state index in [2.05, 4.69) is 10.6 Å². The van der Waals surface area contributed by atoms with Gasteiger partial charge >= 0.3 is 0 Å². The summed E-state index contributed by atoms with van der Waals surface area (Å²) in [5.41, 5.74) is 2.95. The van der Waals surface area contributed by atoms with E-state index in [4.69, 9.17) is 0 Å². The minimum Gasteiger partial charge on any atom is -0.382 e. The smallest absolute Gasteiger partial charge is 0.253 e. The van der Waals surface area contributed by atoms with Crippen LogP contribution in [-0.4, -0.2) is 37.0 Å². The van der Waals surface area contributed by atoms with Crippen LogP contribution in [0.25, 0.3) is 0 Å². The molecule has 1 aromatic rings. The summed E-state index contributed by atoms with van der Waals surface area (Å²) in [7, 11) is 0. The van der Waals surface area contributed by atoms with Gasteiger partial charge in [0.1, 0.15) is 0 Å². The highest BCUT2D eigenvalue weighted by atomic mass is 16.2. The molecule has 0 bridgehead atoms. The lowest BCUT2D eigenvalue weighted by Gasteiger charge is -2.23. The van der Waals surface area contributed by atoms with Gasteiger partial charge in [-0.25, -0.2) is 0 Å². The van der Waals surface area contributed by atoms with E-state index in [1.807, 2.05) is 23.1 Å². The highest BCUT2D eigenvalue weighted by molar-refractivity contribution is 5.96. The van der Waals surface area contributed by atoms with Crippen LogP contribution in [0.5, 0.6) is 0 Å². The number of carbonyl (C=O) groups is 1. The molecule has 0 aliphatic carbocycles. The molecule has 0 radical (unpaired) electrons. The van der Waals surface area contributed by atoms with Gasteiger partial charge in [0.2, 0.25) is 0 Å². The van der Waals surface area contributed by atoms with E-state index >= 15 is 0 Å². The van der Waals surface area contributed by atoms with Gasteiger partial charge in [-0.05, 0) is 31.0 Å². The Hall–Kier alpha value is -1.71. The third kappa shape index (κ3) is 2.67. The van der Waals surface area contributed by atoms with Crippen LogP contribution in [0.2, 0.25) is 0 Å². The van der Waals surface area contributed by atoms with Crippen LogP contribution in [0.15, 0.2) is 18.2 Å². The molecular formula is C15H21N3O. The van der Waals surface area contributed by atoms with Crippen molar-refractivity contribution in [3.63, 3.8) is 0 Å². The zero-order chi connectivity index (χ0) is 13.1. The molecular weight excluding hydrogens is 238 g/mol. The fourth-order valence-electron chi connectivity index (χ4n) is 2.83. The molecule has 2 heterocycles. The van der Waals surface area contributed by atoms with Crippen molar-refractivity contribution in [1.82, 2.24) is 4.90 Å². The Labute approximate surface area is 114 Å². The second kappa shape index (κ2) is 5.51. The third-order valence-corrected chi connectivity index (χ3v) is 3.92. The zero-order valence-electron chi connectivity index (χ0n) is 11.2. The van der Waals surface area contributed by atoms with Gasteiger partial charge in [-0.15, -0.1) is 0 Å². The van der Waals surface area contributed by atoms with Gasteiger partial charge in [-0.2, -0.15) is 0 Å². The van der Waals surface area contributed by atoms with Crippen LogP contribution in [0, 0.1) is 0 Å². The Kier molecular flexibility index (Phi) is 3.58. The highest BCUT2D eigenvalue weighted by Gasteiger charge is 2.18. The number of carbonyl (C=O) groups excluding carboxylic acids is 1. The van der Waals surface area contributed by atoms with E-state index in [9.17, 15) is 4.79 Å². The van der Waals surface area contributed by atoms with Crippen LogP contribution in [0.1, 0.15) is 36.0 Å². The van der Waals surface area contributed by atoms with Crippen LogP contribution in [-0.2, 0) is 0 Å². The quantitative estimate of drug-likeness (QED) is 0.814. The Bertz CT molecular complexity index is 464. The van der Waals surface area contributed by atoms with E-state index in [1.165, 1.54) is 12.8 Å². The molecule has 3 rings (SSSR count). The average molecular weight is 259 g/mol. The zero-order valence-corrected chi connectivity index (χ0v) is 11.2. The molecule has 0 unspecified atom stereocenters. The summed E-state index contributed by atoms with van der Waals surface area (Å²) in [5.74, 6) is 0.178. The maximum absolute atomic E-state index is 12.5. The lowest BCUT2D eigenvalue weighted by molar-refractivity contribution is 0.0761. The first-order valence-corrected chi connectivity index (χ1v) is 7.26. The summed E-state index contributed by atoms with van der Waals surface area (Å²) in [6, 6.07) is 5.92. The number of fused-ring (bicyclic) bond motifs is 1. The fourth-order valence-corrected chi connectivity index (χ4v) is 2.83. The number of nitrogens with zero attached hydrogens (tertiary/aromatic N) is 1. The van der Waals surface area contributed by atoms with Crippen molar-refractivity contribution in [2.45, 2.75) is 25.7 Å². The van der Waals surface area contributed by atoms with Crippen molar-refractivity contribution in [2.75, 3.05) is 36.8 Å². The summed E-state index contributed by atoms with van der Waals surface area (Å²) in [6.07, 6.45) is 4.77. The average Bonchev–Trinajstić information content (AvgIpc) is 2.75. The standard InChI is InChI=1S/C15H21N3O/c19-15(18-9-3-1-2-4-10-18)12-5-6-13-14(11-12)17-8-7-16-13/h5-6,11,16-17H,1-4,7-10H2. The van der Waals surface area contributed by atoms with Crippen molar-refractivity contribution in [1.29, 1.82) is 0 Å². The Balaban J connectivity index is 1.78. The highest BCUT2D eigenvalue weighted by Crippen LogP contribution is 2.26. The van der Waals surface area contributed by atoms with E-state index in [1.54, 1.807) is 0 Å². The van der Waals surface area contributed by atoms with Gasteiger partial charge in [0.15, 0.2) is 0 Å². The Morgan fingerprint density at radius 3 is 2.37 bits per heavy atom. The summed E-state index contributed by atoms with van der Waals surface area (Å²) in [5, 5.41) is 6.67. The number of anilines is 2. The van der Waals surface area contributed by atoms with Crippen molar-refractivity contribution < 1.29 is 4.79 Å². The molecule has 0 spiro atoms. The van der Waals surface area contributed by atoms with Gasteiger partial charge in [-0.3, -0.25) is 4.79 Å². The number of benzene rings is 1. The molecule has 0 saturated carbocycles. The van der Waals surface area contributed by atoms with E-state index < -0.39 is 0 Å². The molecule has 2 aliphatic heterocycles. The second-order valence-corrected chi connectivity index (χ2v) is 5.32. The molecule has 1 aromatic carbocycles. The first-order valence-electron chi connectivity index (χ1n) is 7.26. The van der Waals surface area contributed by atoms with Gasteiger partial charge < -0.3 is 15.5 Å². The van der Waals surface area contributed by atoms with Crippen LogP contribution < -0.4 is 10.6 Å². The number of rotatable bonds is 1. The van der Waals surface area contributed by atoms with Gasteiger partial charge in [0, 0.05) is 31.7 Å². The SMILES string of the molecule is O=C(c1ccc2c(c1)NCCN2)N1CCCCCC1. The minimum atomic E-state index is 0.178. The van der Waals surface area contributed by atoms with Crippen molar-refractivity contribution >= 4 is 17.3 Å². The maximum Gasteiger partial charge on any atom is 0.253 e. The fraction of sp³-hybridized carbons (Fsp3) is 0.533. The molecule has 2 N–H and O–H groups in total. The maximum atomic E-state index is 12.5. The number of likely N-dealkylation sites (tertiary alicyclic amines) is 1. The van der Waals surface area contributed by atoms with E-state index in [0.29, 0.717) is 0 Å². The molecule has 0 atom stereocenters. The van der Waals surface area contributed by atoms with Gasteiger partial charge in [-0.1, -0.05) is 12.8 Å². The number of amides is 1. The molecule has 1 saturated heterocycles. The molecule has 4 nitrogen and oxygen atoms in total. The van der Waals surface area contributed by atoms with Crippen LogP contribution in [0.3, 0.4) is 0 Å². The lowest BCUT2D eigenvalue weighted by Crippen LogP contribution is -2.32. The van der Waals surface area contributed by atoms with Crippen molar-refractivity contribution in [3.05, 3.63) is 23.8 Å². The predicted octanol–water partition coefficient (Wildman–Crippen LogP) is 2.54. The summed E-state index contributed by atoms with van der Waals surface area (Å²) in [6.45, 7) is 3.66. The van der Waals surface area contributed by atoms with Gasteiger partial charge in [0.25, 0.3) is 5.91 Å². The van der Waals surface area contributed by atoms with E-state index in [0.717, 1.165) is 56.0 Å². The minimum absolute atomic E-state index is 0.178. The monoisotopic (exact) mass is 259 g/mol. The molecule has 0 aromatic heterocycles. The predicted molar refractivity (Wildman–Crippen MR) is 77.8 cm³/mol. The molecule has 4 heteroatoms. The van der Waals surface area contributed by atoms with Gasteiger partial charge in [0.05, 0.1) is 11.4 Å². The largest absolute Gasteiger partial charge is 0.382 e. The first kappa shape index (κ1) is 12.3. The third-order valence-electron chi connectivity index (χ3n) is 3.92. The summed E-state index contributed by atoms with van der Waals surface area (Å²) in [4.78, 5) is 14.5. The molecule has 1 amide bonds. The number of hydrogen-bond acceptors (Lipinski definition) is 3. The van der Waals surface area contributed by atoms with Crippen LogP contribution in [0.4, 0.5) is 11.4 Å². The Morgan fingerprint density at radius 2 is 1.63 bits per heavy atom. The second-order valence-electron chi connectivity index (χ2n) is 5.32. The summed E-state index contributed by atoms with van der Waals surface area (Å²) < 4.78 is 0. The van der Waals surface area contributed by atoms with E-state index in [-0.39, 0.29) is 5.91 Å². The molecule has 2 aliphatic rings. The molecule has 19 heavy (non-hydrogen) atoms. The first-order chi connectivity index (χ1) is 9.34. The lowest BCUT2D eigenvalue weighted by atomic mass is 10.1. The molecule has 102 valence electrons. The number of nitrogens with one attached hydrogen (secondary N) is 2. The van der Waals surface area contributed by atoms with Crippen molar-refractivity contribution in [3.8, 4) is 0 Å². The normalized spacial score (nSPS) is 18.8. The van der Waals surface area contributed by atoms with Crippen molar-refractivity contribution in [2.24, 2.45) is 0 Å². The Morgan fingerprint density at radius 1 is 0.947 bits per heavy atom. The topological polar surface area (TPSA) is 44.4 Å². The summed E-state index contributed by atoms with van der Waals surface area (Å²) >= 11 is 0.